The van der Waals surface area contributed by atoms with Gasteiger partial charge in [0.25, 0.3) is 5.91 Å². The molecule has 0 aliphatic heterocycles. The number of nitrogens with zero attached hydrogens (tertiary/aromatic N) is 3. The van der Waals surface area contributed by atoms with E-state index in [4.69, 9.17) is 0 Å². The van der Waals surface area contributed by atoms with Crippen LogP contribution in [-0.4, -0.2) is 33.7 Å². The molecule has 0 bridgehead atoms. The van der Waals surface area contributed by atoms with Crippen LogP contribution in [0.15, 0.2) is 36.2 Å². The number of carbonyl (C=O) groups is 2. The first-order chi connectivity index (χ1) is 15.1. The van der Waals surface area contributed by atoms with Crippen molar-refractivity contribution >= 4 is 39.9 Å². The van der Waals surface area contributed by atoms with Gasteiger partial charge in [-0.05, 0) is 30.7 Å². The number of H-pyrrole nitrogens is 1. The minimum Gasteiger partial charge on any atom is -0.354 e. The van der Waals surface area contributed by atoms with Crippen LogP contribution in [0.25, 0.3) is 16.7 Å². The summed E-state index contributed by atoms with van der Waals surface area (Å²) in [6.45, 7) is 6.99. The number of rotatable bonds is 5. The van der Waals surface area contributed by atoms with Gasteiger partial charge in [0.15, 0.2) is 11.4 Å². The van der Waals surface area contributed by atoms with Gasteiger partial charge in [-0.1, -0.05) is 20.8 Å². The van der Waals surface area contributed by atoms with Crippen LogP contribution in [0.1, 0.15) is 43.6 Å². The monoisotopic (exact) mass is 434 g/mol. The summed E-state index contributed by atoms with van der Waals surface area (Å²) >= 11 is 0. The standard InChI is InChI=1S/C23H23FN6O2/c1-12(15(9-25)22(32)26-5)14-7-6-13(8-17(14)24)29-18-11-28-21-19(30-18)16(10-27-21)20(31)23(2,3)4/h6-8,10-11H,1-5H3,(H,26,32)(H,27,28)(H,29,30)/b15-12-. The fourth-order valence-electron chi connectivity index (χ4n) is 3.14. The molecule has 9 heteroatoms. The lowest BCUT2D eigenvalue weighted by Gasteiger charge is -2.15. The fraction of sp³-hybridized carbons (Fsp3) is 0.261. The summed E-state index contributed by atoms with van der Waals surface area (Å²) in [6.07, 6.45) is 3.06. The van der Waals surface area contributed by atoms with E-state index in [2.05, 4.69) is 25.6 Å². The van der Waals surface area contributed by atoms with E-state index in [1.807, 2.05) is 26.8 Å². The molecule has 8 nitrogen and oxygen atoms in total. The summed E-state index contributed by atoms with van der Waals surface area (Å²) in [5.41, 5.74) is 1.36. The number of carbonyl (C=O) groups excluding carboxylic acids is 2. The third-order valence-electron chi connectivity index (χ3n) is 4.89. The highest BCUT2D eigenvalue weighted by molar-refractivity contribution is 6.08. The van der Waals surface area contributed by atoms with Gasteiger partial charge in [-0.3, -0.25) is 9.59 Å². The summed E-state index contributed by atoms with van der Waals surface area (Å²) in [6, 6.07) is 6.12. The Morgan fingerprint density at radius 2 is 1.94 bits per heavy atom. The molecule has 1 aromatic carbocycles. The number of nitrogens with one attached hydrogen (secondary N) is 3. The molecule has 32 heavy (non-hydrogen) atoms. The number of fused-ring (bicyclic) bond motifs is 1. The first kappa shape index (κ1) is 22.6. The third-order valence-corrected chi connectivity index (χ3v) is 4.89. The summed E-state index contributed by atoms with van der Waals surface area (Å²) in [5, 5.41) is 14.6. The molecule has 164 valence electrons. The van der Waals surface area contributed by atoms with Gasteiger partial charge in [0, 0.05) is 29.9 Å². The van der Waals surface area contributed by atoms with Crippen molar-refractivity contribution in [2.24, 2.45) is 5.41 Å². The van der Waals surface area contributed by atoms with Gasteiger partial charge in [0.1, 0.15) is 28.8 Å². The summed E-state index contributed by atoms with van der Waals surface area (Å²) in [5.74, 6) is -0.925. The molecule has 0 saturated carbocycles. The molecule has 0 spiro atoms. The smallest absolute Gasteiger partial charge is 0.261 e. The van der Waals surface area contributed by atoms with E-state index in [-0.39, 0.29) is 22.5 Å². The van der Waals surface area contributed by atoms with Crippen molar-refractivity contribution in [1.29, 1.82) is 5.26 Å². The molecule has 0 radical (unpaired) electrons. The summed E-state index contributed by atoms with van der Waals surface area (Å²) in [7, 11) is 1.40. The maximum Gasteiger partial charge on any atom is 0.261 e. The minimum atomic E-state index is -0.608. The largest absolute Gasteiger partial charge is 0.354 e. The van der Waals surface area contributed by atoms with Crippen LogP contribution < -0.4 is 10.6 Å². The zero-order valence-corrected chi connectivity index (χ0v) is 18.4. The molecule has 0 aliphatic rings. The highest BCUT2D eigenvalue weighted by Gasteiger charge is 2.26. The molecule has 2 heterocycles. The molecular formula is C23H23FN6O2. The van der Waals surface area contributed by atoms with Gasteiger partial charge in [-0.15, -0.1) is 0 Å². The zero-order chi connectivity index (χ0) is 23.6. The van der Waals surface area contributed by atoms with Gasteiger partial charge < -0.3 is 15.6 Å². The molecule has 3 N–H and O–H groups in total. The number of amides is 1. The first-order valence-electron chi connectivity index (χ1n) is 9.85. The average molecular weight is 434 g/mol. The zero-order valence-electron chi connectivity index (χ0n) is 18.4. The van der Waals surface area contributed by atoms with Crippen molar-refractivity contribution in [3.05, 3.63) is 53.1 Å². The number of nitriles is 1. The Kier molecular flexibility index (Phi) is 6.07. The number of likely N-dealkylation sites (N-methyl/N-ethyl adjacent to an activating group) is 1. The first-order valence-corrected chi connectivity index (χ1v) is 9.85. The number of aromatic nitrogens is 3. The Morgan fingerprint density at radius 3 is 2.53 bits per heavy atom. The summed E-state index contributed by atoms with van der Waals surface area (Å²) < 4.78 is 14.8. The molecule has 3 aromatic rings. The highest BCUT2D eigenvalue weighted by atomic mass is 19.1. The number of hydrogen-bond acceptors (Lipinski definition) is 6. The van der Waals surface area contributed by atoms with Crippen molar-refractivity contribution < 1.29 is 14.0 Å². The number of benzene rings is 1. The normalized spacial score (nSPS) is 12.2. The Morgan fingerprint density at radius 1 is 1.22 bits per heavy atom. The molecular weight excluding hydrogens is 411 g/mol. The fourth-order valence-corrected chi connectivity index (χ4v) is 3.14. The van der Waals surface area contributed by atoms with Crippen molar-refractivity contribution in [3.63, 3.8) is 0 Å². The van der Waals surface area contributed by atoms with E-state index in [0.717, 1.165) is 0 Å². The van der Waals surface area contributed by atoms with E-state index in [1.54, 1.807) is 12.3 Å². The molecule has 0 unspecified atom stereocenters. The molecule has 0 atom stereocenters. The van der Waals surface area contributed by atoms with Crippen LogP contribution in [0.3, 0.4) is 0 Å². The average Bonchev–Trinajstić information content (AvgIpc) is 3.15. The Balaban J connectivity index is 1.94. The van der Waals surface area contributed by atoms with Crippen molar-refractivity contribution in [2.75, 3.05) is 12.4 Å². The van der Waals surface area contributed by atoms with Crippen LogP contribution in [0, 0.1) is 22.6 Å². The quantitative estimate of drug-likeness (QED) is 0.315. The predicted octanol–water partition coefficient (Wildman–Crippen LogP) is 4.11. The number of aromatic amines is 1. The lowest BCUT2D eigenvalue weighted by Crippen LogP contribution is -2.20. The van der Waals surface area contributed by atoms with Crippen LogP contribution in [-0.2, 0) is 4.79 Å². The second-order valence-electron chi connectivity index (χ2n) is 8.24. The topological polar surface area (TPSA) is 124 Å². The number of allylic oxidation sites excluding steroid dienone is 1. The van der Waals surface area contributed by atoms with Gasteiger partial charge in [-0.25, -0.2) is 14.4 Å². The number of anilines is 2. The van der Waals surface area contributed by atoms with Gasteiger partial charge >= 0.3 is 0 Å². The maximum absolute atomic E-state index is 14.8. The maximum atomic E-state index is 14.8. The molecule has 0 saturated heterocycles. The lowest BCUT2D eigenvalue weighted by molar-refractivity contribution is -0.116. The number of hydrogen-bond donors (Lipinski definition) is 3. The SMILES string of the molecule is CNC(=O)/C(C#N)=C(/C)c1ccc(Nc2cnc3[nH]cc(C(=O)C(C)(C)C)c3n2)cc1F. The number of Topliss-reactive ketones (excluding diaryl/α,β-unsaturated/α-hetero) is 1. The Bertz CT molecular complexity index is 1290. The molecule has 0 aliphatic carbocycles. The van der Waals surface area contributed by atoms with Gasteiger partial charge in [0.05, 0.1) is 11.8 Å². The predicted molar refractivity (Wildman–Crippen MR) is 120 cm³/mol. The minimum absolute atomic E-state index is 0.0720. The second kappa shape index (κ2) is 8.59. The highest BCUT2D eigenvalue weighted by Crippen LogP contribution is 2.28. The number of ketones is 1. The number of halogens is 1. The van der Waals surface area contributed by atoms with Crippen molar-refractivity contribution in [1.82, 2.24) is 20.3 Å². The van der Waals surface area contributed by atoms with Gasteiger partial charge in [-0.2, -0.15) is 5.26 Å². The van der Waals surface area contributed by atoms with E-state index in [0.29, 0.717) is 28.2 Å². The van der Waals surface area contributed by atoms with Crippen LogP contribution >= 0.6 is 0 Å². The second-order valence-corrected chi connectivity index (χ2v) is 8.24. The van der Waals surface area contributed by atoms with Gasteiger partial charge in [0.2, 0.25) is 0 Å². The third kappa shape index (κ3) is 4.34. The molecule has 3 rings (SSSR count). The van der Waals surface area contributed by atoms with Crippen LogP contribution in [0.5, 0.6) is 0 Å². The Labute approximate surface area is 184 Å². The van der Waals surface area contributed by atoms with E-state index in [1.165, 1.54) is 32.3 Å². The van der Waals surface area contributed by atoms with Crippen molar-refractivity contribution in [3.8, 4) is 6.07 Å². The molecule has 2 aromatic heterocycles. The van der Waals surface area contributed by atoms with Crippen LogP contribution in [0.4, 0.5) is 15.9 Å². The molecule has 1 amide bonds. The van der Waals surface area contributed by atoms with Crippen molar-refractivity contribution in [2.45, 2.75) is 27.7 Å². The van der Waals surface area contributed by atoms with E-state index < -0.39 is 17.1 Å². The Hall–Kier alpha value is -4.06. The van der Waals surface area contributed by atoms with E-state index in [9.17, 15) is 19.2 Å². The molecule has 0 fully saturated rings. The lowest BCUT2D eigenvalue weighted by atomic mass is 9.87. The summed E-state index contributed by atoms with van der Waals surface area (Å²) in [4.78, 5) is 36.2. The van der Waals surface area contributed by atoms with Crippen LogP contribution in [0.2, 0.25) is 0 Å². The van der Waals surface area contributed by atoms with E-state index >= 15 is 0 Å².